The number of nitrogens with one attached hydrogen (secondary N) is 3. The molecular formula is C20H19F3N8OS. The van der Waals surface area contributed by atoms with E-state index in [1.807, 2.05) is 31.0 Å². The first kappa shape index (κ1) is 22.6. The van der Waals surface area contributed by atoms with Crippen LogP contribution in [0.5, 0.6) is 0 Å². The van der Waals surface area contributed by atoms with Gasteiger partial charge >= 0.3 is 11.9 Å². The fraction of sp³-hybridized carbons (Fsp3) is 0.250. The van der Waals surface area contributed by atoms with Crippen LogP contribution in [0.1, 0.15) is 22.1 Å². The fourth-order valence-corrected chi connectivity index (χ4v) is 4.13. The predicted octanol–water partition coefficient (Wildman–Crippen LogP) is 3.71. The summed E-state index contributed by atoms with van der Waals surface area (Å²) < 4.78 is 38.8. The van der Waals surface area contributed by atoms with E-state index in [1.54, 1.807) is 12.3 Å². The van der Waals surface area contributed by atoms with Crippen molar-refractivity contribution in [3.8, 4) is 10.4 Å². The Kier molecular flexibility index (Phi) is 6.24. The number of benzene rings is 1. The largest absolute Gasteiger partial charge is 0.433 e. The third kappa shape index (κ3) is 5.81. The maximum atomic E-state index is 12.9. The number of hydrogen-bond donors (Lipinski definition) is 3. The third-order valence-electron chi connectivity index (χ3n) is 4.49. The highest BCUT2D eigenvalue weighted by Crippen LogP contribution is 2.31. The zero-order chi connectivity index (χ0) is 23.6. The number of H-pyrrole nitrogens is 2. The Morgan fingerprint density at radius 1 is 1.18 bits per heavy atom. The lowest BCUT2D eigenvalue weighted by atomic mass is 10.1. The molecule has 0 atom stereocenters. The van der Waals surface area contributed by atoms with Crippen molar-refractivity contribution in [3.05, 3.63) is 69.2 Å². The molecule has 3 N–H and O–H groups in total. The molecule has 1 aromatic carbocycles. The number of anilines is 2. The molecule has 0 amide bonds. The summed E-state index contributed by atoms with van der Waals surface area (Å²) in [6.45, 7) is 2.89. The molecule has 4 rings (SSSR count). The summed E-state index contributed by atoms with van der Waals surface area (Å²) in [5.74, 6) is 0.398. The van der Waals surface area contributed by atoms with Crippen LogP contribution in [0.4, 0.5) is 24.8 Å². The van der Waals surface area contributed by atoms with E-state index >= 15 is 0 Å². The highest BCUT2D eigenvalue weighted by atomic mass is 32.1. The lowest BCUT2D eigenvalue weighted by Crippen LogP contribution is -2.18. The van der Waals surface area contributed by atoms with Gasteiger partial charge in [0.05, 0.1) is 18.0 Å². The van der Waals surface area contributed by atoms with Crippen LogP contribution in [0.3, 0.4) is 0 Å². The second kappa shape index (κ2) is 9.11. The minimum atomic E-state index is -4.55. The fourth-order valence-electron chi connectivity index (χ4n) is 3.14. The van der Waals surface area contributed by atoms with Gasteiger partial charge in [-0.15, -0.1) is 11.3 Å². The number of alkyl halides is 3. The molecule has 0 radical (unpaired) electrons. The van der Waals surface area contributed by atoms with Crippen molar-refractivity contribution in [2.75, 3.05) is 12.4 Å². The summed E-state index contributed by atoms with van der Waals surface area (Å²) in [6.07, 6.45) is -1.72. The first-order chi connectivity index (χ1) is 15.7. The van der Waals surface area contributed by atoms with Gasteiger partial charge in [0.15, 0.2) is 0 Å². The molecule has 0 aliphatic carbocycles. The first-order valence-corrected chi connectivity index (χ1v) is 10.5. The van der Waals surface area contributed by atoms with Crippen LogP contribution in [0.15, 0.2) is 41.5 Å². The van der Waals surface area contributed by atoms with E-state index in [0.29, 0.717) is 24.6 Å². The Bertz CT molecular complexity index is 1310. The average Bonchev–Trinajstić information content (AvgIpc) is 3.36. The van der Waals surface area contributed by atoms with Crippen molar-refractivity contribution in [2.24, 2.45) is 0 Å². The molecule has 0 fully saturated rings. The quantitative estimate of drug-likeness (QED) is 0.372. The van der Waals surface area contributed by atoms with Crippen molar-refractivity contribution in [1.82, 2.24) is 35.0 Å². The summed E-state index contributed by atoms with van der Waals surface area (Å²) in [5, 5.41) is 9.94. The Morgan fingerprint density at radius 2 is 2.00 bits per heavy atom. The Morgan fingerprint density at radius 3 is 2.73 bits per heavy atom. The van der Waals surface area contributed by atoms with Gasteiger partial charge in [-0.25, -0.2) is 24.8 Å². The molecule has 0 saturated carbocycles. The molecule has 9 nitrogen and oxygen atoms in total. The molecule has 0 aliphatic rings. The van der Waals surface area contributed by atoms with Gasteiger partial charge in [-0.2, -0.15) is 18.3 Å². The van der Waals surface area contributed by atoms with Crippen LogP contribution >= 0.6 is 11.3 Å². The Labute approximate surface area is 189 Å². The van der Waals surface area contributed by atoms with E-state index in [0.717, 1.165) is 33.3 Å². The van der Waals surface area contributed by atoms with Crippen LogP contribution in [-0.4, -0.2) is 42.1 Å². The van der Waals surface area contributed by atoms with Crippen molar-refractivity contribution in [3.63, 3.8) is 0 Å². The van der Waals surface area contributed by atoms with Crippen LogP contribution in [0.25, 0.3) is 10.4 Å². The van der Waals surface area contributed by atoms with Gasteiger partial charge in [-0.1, -0.05) is 6.07 Å². The SMILES string of the molecule is Cc1cc(Nc2nccc(C(F)(F)F)n2)cc(-c2cnc(CN(C)Cc3n[nH]c(=O)[nH]3)s2)c1. The molecule has 33 heavy (non-hydrogen) atoms. The highest BCUT2D eigenvalue weighted by molar-refractivity contribution is 7.15. The monoisotopic (exact) mass is 476 g/mol. The molecule has 0 saturated heterocycles. The topological polar surface area (TPSA) is 115 Å². The number of halogens is 3. The third-order valence-corrected chi connectivity index (χ3v) is 5.52. The lowest BCUT2D eigenvalue weighted by Gasteiger charge is -2.12. The standard InChI is InChI=1S/C20H19F3N8OS/c1-11-5-12(7-13(6-11)26-18-24-4-3-15(27-18)20(21,22)23)14-8-25-17(33-14)10-31(2)9-16-28-19(32)30-29-16/h3-8H,9-10H2,1-2H3,(H,24,26,27)(H2,28,29,30,32). The number of aromatic amines is 2. The van der Waals surface area contributed by atoms with Gasteiger partial charge in [-0.3, -0.25) is 9.88 Å². The number of aromatic nitrogens is 6. The molecule has 3 heterocycles. The van der Waals surface area contributed by atoms with E-state index in [4.69, 9.17) is 0 Å². The van der Waals surface area contributed by atoms with E-state index in [2.05, 4.69) is 35.5 Å². The van der Waals surface area contributed by atoms with Gasteiger partial charge in [0.25, 0.3) is 0 Å². The molecule has 4 aromatic rings. The van der Waals surface area contributed by atoms with Gasteiger partial charge in [-0.05, 0) is 43.3 Å². The second-order valence-corrected chi connectivity index (χ2v) is 8.51. The second-order valence-electron chi connectivity index (χ2n) is 7.39. The smallest absolute Gasteiger partial charge is 0.324 e. The van der Waals surface area contributed by atoms with E-state index < -0.39 is 11.9 Å². The van der Waals surface area contributed by atoms with Gasteiger partial charge in [0.1, 0.15) is 16.5 Å². The van der Waals surface area contributed by atoms with Gasteiger partial charge in [0.2, 0.25) is 5.95 Å². The molecule has 0 bridgehead atoms. The van der Waals surface area contributed by atoms with Crippen molar-refractivity contribution in [1.29, 1.82) is 0 Å². The molecule has 13 heteroatoms. The minimum Gasteiger partial charge on any atom is -0.324 e. The van der Waals surface area contributed by atoms with Crippen LogP contribution < -0.4 is 11.0 Å². The zero-order valence-corrected chi connectivity index (χ0v) is 18.4. The summed E-state index contributed by atoms with van der Waals surface area (Å²) in [6, 6.07) is 6.40. The molecule has 0 aliphatic heterocycles. The van der Waals surface area contributed by atoms with E-state index in [-0.39, 0.29) is 11.6 Å². The summed E-state index contributed by atoms with van der Waals surface area (Å²) in [7, 11) is 1.89. The Balaban J connectivity index is 1.49. The molecule has 0 spiro atoms. The summed E-state index contributed by atoms with van der Waals surface area (Å²) >= 11 is 1.50. The lowest BCUT2D eigenvalue weighted by molar-refractivity contribution is -0.141. The number of rotatable bonds is 7. The molecule has 172 valence electrons. The number of thiazole rings is 1. The summed E-state index contributed by atoms with van der Waals surface area (Å²) in [4.78, 5) is 28.5. The summed E-state index contributed by atoms with van der Waals surface area (Å²) in [5.41, 5.74) is 0.986. The van der Waals surface area contributed by atoms with Crippen LogP contribution in [0.2, 0.25) is 0 Å². The number of nitrogens with zero attached hydrogens (tertiary/aromatic N) is 5. The number of aryl methyl sites for hydroxylation is 1. The minimum absolute atomic E-state index is 0.135. The molecule has 0 unspecified atom stereocenters. The Hall–Kier alpha value is -3.58. The molecular weight excluding hydrogens is 457 g/mol. The zero-order valence-electron chi connectivity index (χ0n) is 17.6. The van der Waals surface area contributed by atoms with Crippen molar-refractivity contribution < 1.29 is 13.2 Å². The highest BCUT2D eigenvalue weighted by Gasteiger charge is 2.32. The van der Waals surface area contributed by atoms with Crippen molar-refractivity contribution >= 4 is 23.0 Å². The molecule has 3 aromatic heterocycles. The van der Waals surface area contributed by atoms with Crippen LogP contribution in [-0.2, 0) is 19.3 Å². The number of hydrogen-bond acceptors (Lipinski definition) is 8. The van der Waals surface area contributed by atoms with E-state index in [1.165, 1.54) is 11.3 Å². The maximum absolute atomic E-state index is 12.9. The van der Waals surface area contributed by atoms with Crippen molar-refractivity contribution in [2.45, 2.75) is 26.2 Å². The predicted molar refractivity (Wildman–Crippen MR) is 117 cm³/mol. The maximum Gasteiger partial charge on any atom is 0.433 e. The van der Waals surface area contributed by atoms with E-state index in [9.17, 15) is 18.0 Å². The normalized spacial score (nSPS) is 11.8. The van der Waals surface area contributed by atoms with Gasteiger partial charge < -0.3 is 5.32 Å². The van der Waals surface area contributed by atoms with Gasteiger partial charge in [0, 0.05) is 18.1 Å². The first-order valence-electron chi connectivity index (χ1n) is 9.72. The average molecular weight is 476 g/mol. The van der Waals surface area contributed by atoms with Crippen LogP contribution in [0, 0.1) is 6.92 Å².